The molecule has 0 spiro atoms. The highest BCUT2D eigenvalue weighted by Crippen LogP contribution is 2.13. The fourth-order valence-corrected chi connectivity index (χ4v) is 2.35. The Kier molecular flexibility index (Phi) is 12.0. The van der Waals surface area contributed by atoms with Gasteiger partial charge in [0, 0.05) is 25.1 Å². The molecule has 0 aromatic carbocycles. The molecule has 0 aromatic heterocycles. The molecule has 0 heterocycles. The van der Waals surface area contributed by atoms with Crippen LogP contribution in [0.25, 0.3) is 0 Å². The average molecular weight is 302 g/mol. The number of amides is 1. The SMILES string of the molecule is C[C@H](C=O)NC(=O)CCSC(C=O)CCNCCC=O. The van der Waals surface area contributed by atoms with Crippen molar-refractivity contribution in [3.8, 4) is 0 Å². The van der Waals surface area contributed by atoms with Crippen molar-refractivity contribution in [3.63, 3.8) is 0 Å². The van der Waals surface area contributed by atoms with Crippen molar-refractivity contribution in [3.05, 3.63) is 0 Å². The van der Waals surface area contributed by atoms with Crippen molar-refractivity contribution in [2.45, 2.75) is 37.5 Å². The van der Waals surface area contributed by atoms with Gasteiger partial charge in [0.2, 0.25) is 5.91 Å². The molecule has 114 valence electrons. The Morgan fingerprint density at radius 1 is 1.20 bits per heavy atom. The monoisotopic (exact) mass is 302 g/mol. The van der Waals surface area contributed by atoms with Crippen LogP contribution in [0.3, 0.4) is 0 Å². The van der Waals surface area contributed by atoms with Gasteiger partial charge in [-0.25, -0.2) is 0 Å². The van der Waals surface area contributed by atoms with Crippen LogP contribution in [-0.2, 0) is 19.2 Å². The van der Waals surface area contributed by atoms with Gasteiger partial charge in [0.15, 0.2) is 0 Å². The van der Waals surface area contributed by atoms with Crippen LogP contribution in [0.1, 0.15) is 26.2 Å². The molecule has 0 fully saturated rings. The number of thioether (sulfide) groups is 1. The predicted molar refractivity (Wildman–Crippen MR) is 78.8 cm³/mol. The minimum atomic E-state index is -0.476. The van der Waals surface area contributed by atoms with Crippen LogP contribution in [0, 0.1) is 0 Å². The molecule has 0 saturated carbocycles. The first-order chi connectivity index (χ1) is 9.63. The number of rotatable bonds is 13. The zero-order valence-electron chi connectivity index (χ0n) is 11.7. The van der Waals surface area contributed by atoms with Crippen molar-refractivity contribution < 1.29 is 19.2 Å². The van der Waals surface area contributed by atoms with Crippen LogP contribution in [0.15, 0.2) is 0 Å². The summed E-state index contributed by atoms with van der Waals surface area (Å²) in [7, 11) is 0. The topological polar surface area (TPSA) is 92.3 Å². The first kappa shape index (κ1) is 18.8. The van der Waals surface area contributed by atoms with Gasteiger partial charge in [-0.15, -0.1) is 0 Å². The second kappa shape index (κ2) is 12.8. The van der Waals surface area contributed by atoms with Crippen LogP contribution >= 0.6 is 11.8 Å². The molecule has 6 nitrogen and oxygen atoms in total. The van der Waals surface area contributed by atoms with E-state index in [0.29, 0.717) is 38.0 Å². The standard InChI is InChI=1S/C13H22N2O4S/c1-11(9-17)15-13(19)4-8-20-12(10-18)3-6-14-5-2-7-16/h7,9-12,14H,2-6,8H2,1H3,(H,15,19)/t11-,12?/m1/s1. The summed E-state index contributed by atoms with van der Waals surface area (Å²) in [5.74, 6) is 0.348. The molecule has 1 amide bonds. The smallest absolute Gasteiger partial charge is 0.221 e. The number of hydrogen-bond acceptors (Lipinski definition) is 6. The number of hydrogen-bond donors (Lipinski definition) is 2. The Bertz CT molecular complexity index is 313. The van der Waals surface area contributed by atoms with E-state index in [1.54, 1.807) is 6.92 Å². The average Bonchev–Trinajstić information content (AvgIpc) is 2.44. The molecule has 20 heavy (non-hydrogen) atoms. The maximum Gasteiger partial charge on any atom is 0.221 e. The molecule has 0 aliphatic rings. The highest BCUT2D eigenvalue weighted by molar-refractivity contribution is 8.00. The summed E-state index contributed by atoms with van der Waals surface area (Å²) >= 11 is 1.42. The van der Waals surface area contributed by atoms with Gasteiger partial charge >= 0.3 is 0 Å². The summed E-state index contributed by atoms with van der Waals surface area (Å²) < 4.78 is 0. The predicted octanol–water partition coefficient (Wildman–Crippen LogP) is -0.0505. The third-order valence-corrected chi connectivity index (χ3v) is 3.67. The molecule has 0 aromatic rings. The Hall–Kier alpha value is -1.21. The summed E-state index contributed by atoms with van der Waals surface area (Å²) in [6.07, 6.45) is 3.80. The van der Waals surface area contributed by atoms with Crippen LogP contribution in [0.5, 0.6) is 0 Å². The first-order valence-electron chi connectivity index (χ1n) is 6.60. The van der Waals surface area contributed by atoms with E-state index in [-0.39, 0.29) is 17.6 Å². The third kappa shape index (κ3) is 10.7. The van der Waals surface area contributed by atoms with Gasteiger partial charge in [0.1, 0.15) is 18.9 Å². The van der Waals surface area contributed by atoms with Crippen LogP contribution in [0.4, 0.5) is 0 Å². The summed E-state index contributed by atoms with van der Waals surface area (Å²) in [6, 6.07) is -0.476. The maximum absolute atomic E-state index is 11.4. The minimum absolute atomic E-state index is 0.157. The van der Waals surface area contributed by atoms with Crippen molar-refractivity contribution in [2.24, 2.45) is 0 Å². The number of carbonyl (C=O) groups is 4. The molecule has 2 N–H and O–H groups in total. The van der Waals surface area contributed by atoms with E-state index >= 15 is 0 Å². The third-order valence-electron chi connectivity index (χ3n) is 2.45. The molecule has 0 saturated heterocycles. The second-order valence-corrected chi connectivity index (χ2v) is 5.63. The van der Waals surface area contributed by atoms with Gasteiger partial charge in [-0.1, -0.05) is 0 Å². The number of aldehydes is 3. The van der Waals surface area contributed by atoms with Crippen molar-refractivity contribution >= 4 is 36.5 Å². The molecule has 0 radical (unpaired) electrons. The van der Waals surface area contributed by atoms with E-state index in [9.17, 15) is 19.2 Å². The molecule has 1 unspecified atom stereocenters. The molecular weight excluding hydrogens is 280 g/mol. The van der Waals surface area contributed by atoms with Crippen molar-refractivity contribution in [2.75, 3.05) is 18.8 Å². The molecule has 7 heteroatoms. The summed E-state index contributed by atoms with van der Waals surface area (Å²) in [5.41, 5.74) is 0. The zero-order chi connectivity index (χ0) is 15.2. The van der Waals surface area contributed by atoms with E-state index in [4.69, 9.17) is 0 Å². The van der Waals surface area contributed by atoms with Gasteiger partial charge in [0.25, 0.3) is 0 Å². The van der Waals surface area contributed by atoms with Gasteiger partial charge in [-0.2, -0.15) is 11.8 Å². The van der Waals surface area contributed by atoms with E-state index < -0.39 is 6.04 Å². The highest BCUT2D eigenvalue weighted by atomic mass is 32.2. The van der Waals surface area contributed by atoms with Crippen molar-refractivity contribution in [1.82, 2.24) is 10.6 Å². The minimum Gasteiger partial charge on any atom is -0.347 e. The van der Waals surface area contributed by atoms with Crippen LogP contribution in [0.2, 0.25) is 0 Å². The summed E-state index contributed by atoms with van der Waals surface area (Å²) in [4.78, 5) is 42.7. The van der Waals surface area contributed by atoms with Gasteiger partial charge < -0.3 is 25.0 Å². The summed E-state index contributed by atoms with van der Waals surface area (Å²) in [5, 5.41) is 5.44. The lowest BCUT2D eigenvalue weighted by Crippen LogP contribution is -2.33. The number of nitrogens with one attached hydrogen (secondary N) is 2. The Morgan fingerprint density at radius 2 is 1.95 bits per heavy atom. The maximum atomic E-state index is 11.4. The molecule has 0 aliphatic heterocycles. The second-order valence-electron chi connectivity index (χ2n) is 4.28. The lowest BCUT2D eigenvalue weighted by atomic mass is 10.3. The Labute approximate surface area is 123 Å². The van der Waals surface area contributed by atoms with E-state index in [1.807, 2.05) is 0 Å². The highest BCUT2D eigenvalue weighted by Gasteiger charge is 2.10. The zero-order valence-corrected chi connectivity index (χ0v) is 12.5. The Balaban J connectivity index is 3.68. The molecule has 2 atom stereocenters. The Morgan fingerprint density at radius 3 is 2.55 bits per heavy atom. The fraction of sp³-hybridized carbons (Fsp3) is 0.692. The lowest BCUT2D eigenvalue weighted by molar-refractivity contribution is -0.123. The number of carbonyl (C=O) groups excluding carboxylic acids is 4. The van der Waals surface area contributed by atoms with Gasteiger partial charge in [-0.3, -0.25) is 4.79 Å². The molecule has 0 aliphatic carbocycles. The molecule has 0 bridgehead atoms. The van der Waals surface area contributed by atoms with E-state index in [1.165, 1.54) is 11.8 Å². The lowest BCUT2D eigenvalue weighted by Gasteiger charge is -2.11. The van der Waals surface area contributed by atoms with Crippen LogP contribution < -0.4 is 10.6 Å². The first-order valence-corrected chi connectivity index (χ1v) is 7.64. The summed E-state index contributed by atoms with van der Waals surface area (Å²) in [6.45, 7) is 2.89. The molecular formula is C13H22N2O4S. The fourth-order valence-electron chi connectivity index (χ4n) is 1.38. The normalized spacial score (nSPS) is 13.2. The van der Waals surface area contributed by atoms with Gasteiger partial charge in [0.05, 0.1) is 11.3 Å². The van der Waals surface area contributed by atoms with E-state index in [0.717, 1.165) is 12.6 Å². The largest absolute Gasteiger partial charge is 0.347 e. The van der Waals surface area contributed by atoms with E-state index in [2.05, 4.69) is 10.6 Å². The quantitative estimate of drug-likeness (QED) is 0.366. The van der Waals surface area contributed by atoms with Crippen molar-refractivity contribution in [1.29, 1.82) is 0 Å². The molecule has 0 rings (SSSR count). The van der Waals surface area contributed by atoms with Gasteiger partial charge in [-0.05, 0) is 19.9 Å². The van der Waals surface area contributed by atoms with Crippen LogP contribution in [-0.4, -0.2) is 54.9 Å².